The minimum atomic E-state index is 0.236. The number of benzene rings is 1. The van der Waals surface area contributed by atoms with E-state index >= 15 is 0 Å². The molecule has 15 heavy (non-hydrogen) atoms. The van der Waals surface area contributed by atoms with Gasteiger partial charge in [-0.05, 0) is 31.0 Å². The molecule has 2 rings (SSSR count). The Balaban J connectivity index is 2.29. The van der Waals surface area contributed by atoms with Crippen molar-refractivity contribution in [3.05, 3.63) is 29.8 Å². The number of rotatable bonds is 3. The molecule has 1 saturated heterocycles. The molecule has 0 aliphatic carbocycles. The van der Waals surface area contributed by atoms with Crippen LogP contribution in [0.5, 0.6) is 0 Å². The molecule has 0 spiro atoms. The van der Waals surface area contributed by atoms with Crippen LogP contribution in [0.2, 0.25) is 0 Å². The van der Waals surface area contributed by atoms with E-state index in [1.807, 2.05) is 29.2 Å². The summed E-state index contributed by atoms with van der Waals surface area (Å²) in [6.07, 6.45) is 2.48. The van der Waals surface area contributed by atoms with Crippen LogP contribution in [0.15, 0.2) is 24.3 Å². The average molecular weight is 204 g/mol. The number of hydrogen-bond acceptors (Lipinski definition) is 2. The smallest absolute Gasteiger partial charge is 0.227 e. The molecule has 0 bridgehead atoms. The summed E-state index contributed by atoms with van der Waals surface area (Å²) < 4.78 is 0. The van der Waals surface area contributed by atoms with Crippen LogP contribution in [-0.2, 0) is 11.2 Å². The molecule has 0 atom stereocenters. The van der Waals surface area contributed by atoms with Crippen LogP contribution in [0, 0.1) is 0 Å². The SMILES string of the molecule is NCCc1ccccc1N1CCCC1=O. The fourth-order valence-electron chi connectivity index (χ4n) is 2.04. The van der Waals surface area contributed by atoms with Crippen molar-refractivity contribution >= 4 is 11.6 Å². The van der Waals surface area contributed by atoms with E-state index < -0.39 is 0 Å². The van der Waals surface area contributed by atoms with Crippen LogP contribution in [-0.4, -0.2) is 19.0 Å². The second-order valence-corrected chi connectivity index (χ2v) is 3.82. The van der Waals surface area contributed by atoms with Gasteiger partial charge in [0.15, 0.2) is 0 Å². The summed E-state index contributed by atoms with van der Waals surface area (Å²) in [6, 6.07) is 8.03. The molecule has 0 aromatic heterocycles. The molecule has 0 unspecified atom stereocenters. The van der Waals surface area contributed by atoms with Crippen LogP contribution < -0.4 is 10.6 Å². The minimum absolute atomic E-state index is 0.236. The van der Waals surface area contributed by atoms with Crippen LogP contribution in [0.1, 0.15) is 18.4 Å². The number of carbonyl (C=O) groups excluding carboxylic acids is 1. The zero-order valence-corrected chi connectivity index (χ0v) is 8.78. The maximum atomic E-state index is 11.6. The van der Waals surface area contributed by atoms with Crippen molar-refractivity contribution in [2.45, 2.75) is 19.3 Å². The van der Waals surface area contributed by atoms with E-state index in [2.05, 4.69) is 0 Å². The number of anilines is 1. The molecule has 1 aromatic carbocycles. The molecular weight excluding hydrogens is 188 g/mol. The fraction of sp³-hybridized carbons (Fsp3) is 0.417. The lowest BCUT2D eigenvalue weighted by molar-refractivity contribution is -0.117. The van der Waals surface area contributed by atoms with Gasteiger partial charge in [-0.25, -0.2) is 0 Å². The van der Waals surface area contributed by atoms with Crippen molar-refractivity contribution in [3.63, 3.8) is 0 Å². The highest BCUT2D eigenvalue weighted by molar-refractivity contribution is 5.96. The zero-order valence-electron chi connectivity index (χ0n) is 8.78. The second kappa shape index (κ2) is 4.45. The summed E-state index contributed by atoms with van der Waals surface area (Å²) in [4.78, 5) is 13.5. The van der Waals surface area contributed by atoms with Crippen molar-refractivity contribution in [2.75, 3.05) is 18.0 Å². The second-order valence-electron chi connectivity index (χ2n) is 3.82. The molecule has 1 fully saturated rings. The molecule has 1 aliphatic heterocycles. The Morgan fingerprint density at radius 3 is 2.80 bits per heavy atom. The van der Waals surface area contributed by atoms with Gasteiger partial charge in [0.1, 0.15) is 0 Å². The van der Waals surface area contributed by atoms with Gasteiger partial charge in [0.2, 0.25) is 5.91 Å². The van der Waals surface area contributed by atoms with Gasteiger partial charge in [0.05, 0.1) is 0 Å². The molecule has 1 heterocycles. The summed E-state index contributed by atoms with van der Waals surface area (Å²) in [6.45, 7) is 1.47. The van der Waals surface area contributed by atoms with E-state index in [1.54, 1.807) is 0 Å². The van der Waals surface area contributed by atoms with Crippen LogP contribution in [0.3, 0.4) is 0 Å². The number of hydrogen-bond donors (Lipinski definition) is 1. The van der Waals surface area contributed by atoms with E-state index in [4.69, 9.17) is 5.73 Å². The summed E-state index contributed by atoms with van der Waals surface area (Å²) in [7, 11) is 0. The first-order valence-electron chi connectivity index (χ1n) is 5.41. The predicted molar refractivity (Wildman–Crippen MR) is 60.8 cm³/mol. The van der Waals surface area contributed by atoms with Gasteiger partial charge in [-0.15, -0.1) is 0 Å². The van der Waals surface area contributed by atoms with Crippen LogP contribution in [0.4, 0.5) is 5.69 Å². The molecule has 2 N–H and O–H groups in total. The zero-order chi connectivity index (χ0) is 10.7. The van der Waals surface area contributed by atoms with Crippen LogP contribution in [0.25, 0.3) is 0 Å². The summed E-state index contributed by atoms with van der Waals surface area (Å²) >= 11 is 0. The molecule has 1 amide bonds. The third-order valence-corrected chi connectivity index (χ3v) is 2.77. The lowest BCUT2D eigenvalue weighted by Crippen LogP contribution is -2.25. The molecule has 3 nitrogen and oxygen atoms in total. The molecule has 3 heteroatoms. The average Bonchev–Trinajstić information content (AvgIpc) is 2.66. The Kier molecular flexibility index (Phi) is 3.02. The highest BCUT2D eigenvalue weighted by Gasteiger charge is 2.22. The van der Waals surface area contributed by atoms with Gasteiger partial charge in [-0.1, -0.05) is 18.2 Å². The quantitative estimate of drug-likeness (QED) is 0.807. The number of nitrogens with two attached hydrogens (primary N) is 1. The van der Waals surface area contributed by atoms with Crippen molar-refractivity contribution in [2.24, 2.45) is 5.73 Å². The van der Waals surface area contributed by atoms with E-state index in [0.29, 0.717) is 13.0 Å². The van der Waals surface area contributed by atoms with Crippen molar-refractivity contribution < 1.29 is 4.79 Å². The Morgan fingerprint density at radius 2 is 2.13 bits per heavy atom. The predicted octanol–water partition coefficient (Wildman–Crippen LogP) is 1.31. The molecule has 80 valence electrons. The topological polar surface area (TPSA) is 46.3 Å². The lowest BCUT2D eigenvalue weighted by Gasteiger charge is -2.19. The number of amides is 1. The Labute approximate surface area is 89.9 Å². The molecule has 1 aromatic rings. The molecule has 0 radical (unpaired) electrons. The Hall–Kier alpha value is -1.35. The van der Waals surface area contributed by atoms with Gasteiger partial charge in [-0.3, -0.25) is 4.79 Å². The molecule has 1 aliphatic rings. The first-order chi connectivity index (χ1) is 7.33. The van der Waals surface area contributed by atoms with E-state index in [9.17, 15) is 4.79 Å². The van der Waals surface area contributed by atoms with Crippen molar-refractivity contribution in [1.29, 1.82) is 0 Å². The van der Waals surface area contributed by atoms with Crippen molar-refractivity contribution in [3.8, 4) is 0 Å². The van der Waals surface area contributed by atoms with Gasteiger partial charge in [-0.2, -0.15) is 0 Å². The van der Waals surface area contributed by atoms with E-state index in [0.717, 1.165) is 25.1 Å². The van der Waals surface area contributed by atoms with Gasteiger partial charge in [0.25, 0.3) is 0 Å². The minimum Gasteiger partial charge on any atom is -0.330 e. The number of nitrogens with zero attached hydrogens (tertiary/aromatic N) is 1. The van der Waals surface area contributed by atoms with Gasteiger partial charge < -0.3 is 10.6 Å². The first-order valence-corrected chi connectivity index (χ1v) is 5.41. The standard InChI is InChI=1S/C12H16N2O/c13-8-7-10-4-1-2-5-11(10)14-9-3-6-12(14)15/h1-2,4-5H,3,6-9,13H2. The molecular formula is C12H16N2O. The normalized spacial score (nSPS) is 16.1. The van der Waals surface area contributed by atoms with Gasteiger partial charge >= 0.3 is 0 Å². The summed E-state index contributed by atoms with van der Waals surface area (Å²) in [5.41, 5.74) is 7.78. The maximum absolute atomic E-state index is 11.6. The third-order valence-electron chi connectivity index (χ3n) is 2.77. The third kappa shape index (κ3) is 2.02. The maximum Gasteiger partial charge on any atom is 0.227 e. The monoisotopic (exact) mass is 204 g/mol. The summed E-state index contributed by atoms with van der Waals surface area (Å²) in [5, 5.41) is 0. The van der Waals surface area contributed by atoms with E-state index in [1.165, 1.54) is 5.56 Å². The number of para-hydroxylation sites is 1. The fourth-order valence-corrected chi connectivity index (χ4v) is 2.04. The van der Waals surface area contributed by atoms with Crippen molar-refractivity contribution in [1.82, 2.24) is 0 Å². The Morgan fingerprint density at radius 1 is 1.33 bits per heavy atom. The summed E-state index contributed by atoms with van der Waals surface area (Å²) in [5.74, 6) is 0.236. The van der Waals surface area contributed by atoms with Gasteiger partial charge in [0, 0.05) is 18.7 Å². The van der Waals surface area contributed by atoms with Crippen LogP contribution >= 0.6 is 0 Å². The van der Waals surface area contributed by atoms with E-state index in [-0.39, 0.29) is 5.91 Å². The largest absolute Gasteiger partial charge is 0.330 e. The lowest BCUT2D eigenvalue weighted by atomic mass is 10.1. The number of carbonyl (C=O) groups is 1. The Bertz CT molecular complexity index is 362. The highest BCUT2D eigenvalue weighted by Crippen LogP contribution is 2.25. The highest BCUT2D eigenvalue weighted by atomic mass is 16.2. The molecule has 0 saturated carbocycles. The first kappa shape index (κ1) is 10.2.